The Hall–Kier alpha value is -4.08. The van der Waals surface area contributed by atoms with Crippen molar-refractivity contribution in [1.82, 2.24) is 19.6 Å². The van der Waals surface area contributed by atoms with Gasteiger partial charge < -0.3 is 9.15 Å². The largest absolute Gasteiger partial charge is 0.437 e. The van der Waals surface area contributed by atoms with Gasteiger partial charge in [-0.15, -0.1) is 5.10 Å². The van der Waals surface area contributed by atoms with E-state index in [4.69, 9.17) is 25.7 Å². The molecule has 10 heteroatoms. The maximum absolute atomic E-state index is 15.5. The van der Waals surface area contributed by atoms with Crippen molar-refractivity contribution in [2.75, 3.05) is 0 Å². The van der Waals surface area contributed by atoms with Crippen LogP contribution in [0.3, 0.4) is 0 Å². The van der Waals surface area contributed by atoms with Crippen LogP contribution in [0.5, 0.6) is 11.6 Å². The summed E-state index contributed by atoms with van der Waals surface area (Å²) < 4.78 is 29.7. The summed E-state index contributed by atoms with van der Waals surface area (Å²) in [5, 5.41) is 5.26. The molecule has 1 aliphatic heterocycles. The molecule has 4 heterocycles. The van der Waals surface area contributed by atoms with Crippen LogP contribution in [0.4, 0.5) is 4.39 Å². The quantitative estimate of drug-likeness (QED) is 0.212. The number of para-hydroxylation sites is 1. The minimum Gasteiger partial charge on any atom is -0.437 e. The number of benzene rings is 3. The lowest BCUT2D eigenvalue weighted by atomic mass is 9.83. The molecule has 6 aromatic rings. The molecule has 0 saturated heterocycles. The number of hydrogen-bond donors (Lipinski definition) is 0. The second kappa shape index (κ2) is 8.22. The highest BCUT2D eigenvalue weighted by molar-refractivity contribution is 9.10. The molecule has 1 aliphatic rings. The van der Waals surface area contributed by atoms with E-state index >= 15 is 4.39 Å². The first-order valence-electron chi connectivity index (χ1n) is 11.2. The standard InChI is InChI=1S/C27H13BrClFN4O3/c28-14-10-8-13(9-11-14)24-32-25-22-20(19-16(29)5-3-6-17(19)30)21-23(37-26(22)31-12-34(25)33-24)15-4-1-2-7-18(15)36-27(21)35/h1-12,20H. The van der Waals surface area contributed by atoms with Crippen molar-refractivity contribution in [2.45, 2.75) is 5.92 Å². The minimum absolute atomic E-state index is 0.0978. The molecule has 1 unspecified atom stereocenters. The van der Waals surface area contributed by atoms with Crippen molar-refractivity contribution in [2.24, 2.45) is 0 Å². The number of fused-ring (bicyclic) bond motifs is 6. The molecular weight excluding hydrogens is 563 g/mol. The normalized spacial score (nSPS) is 14.4. The predicted octanol–water partition coefficient (Wildman–Crippen LogP) is 6.74. The van der Waals surface area contributed by atoms with Crippen LogP contribution in [0.2, 0.25) is 5.02 Å². The monoisotopic (exact) mass is 574 g/mol. The second-order valence-corrected chi connectivity index (χ2v) is 9.80. The zero-order valence-corrected chi connectivity index (χ0v) is 21.0. The minimum atomic E-state index is -1.01. The third kappa shape index (κ3) is 3.38. The van der Waals surface area contributed by atoms with Crippen molar-refractivity contribution < 1.29 is 13.5 Å². The maximum Gasteiger partial charge on any atom is 0.344 e. The van der Waals surface area contributed by atoms with Crippen LogP contribution in [0.15, 0.2) is 86.7 Å². The number of hydrogen-bond acceptors (Lipinski definition) is 6. The number of ether oxygens (including phenoxy) is 1. The van der Waals surface area contributed by atoms with Crippen LogP contribution < -0.4 is 10.4 Å². The zero-order valence-electron chi connectivity index (χ0n) is 18.7. The molecule has 7 nitrogen and oxygen atoms in total. The summed E-state index contributed by atoms with van der Waals surface area (Å²) in [6.45, 7) is 0. The summed E-state index contributed by atoms with van der Waals surface area (Å²) in [6.07, 6.45) is 1.47. The van der Waals surface area contributed by atoms with Crippen molar-refractivity contribution >= 4 is 44.1 Å². The number of halogens is 3. The van der Waals surface area contributed by atoms with E-state index in [0.29, 0.717) is 28.0 Å². The maximum atomic E-state index is 15.5. The van der Waals surface area contributed by atoms with Gasteiger partial charge in [0, 0.05) is 20.6 Å². The smallest absolute Gasteiger partial charge is 0.344 e. The Kier molecular flexibility index (Phi) is 4.92. The third-order valence-corrected chi connectivity index (χ3v) is 7.21. The molecule has 0 radical (unpaired) electrons. The van der Waals surface area contributed by atoms with Gasteiger partial charge in [-0.3, -0.25) is 0 Å². The molecule has 0 fully saturated rings. The Labute approximate surface area is 221 Å². The van der Waals surface area contributed by atoms with Crippen LogP contribution >= 0.6 is 27.5 Å². The molecule has 1 atom stereocenters. The number of nitrogens with zero attached hydrogens (tertiary/aromatic N) is 4. The molecule has 0 bridgehead atoms. The summed E-state index contributed by atoms with van der Waals surface area (Å²) in [5.74, 6) is -0.745. The van der Waals surface area contributed by atoms with Gasteiger partial charge in [0.15, 0.2) is 17.2 Å². The Bertz CT molecular complexity index is 1920. The Morgan fingerprint density at radius 1 is 0.973 bits per heavy atom. The highest BCUT2D eigenvalue weighted by atomic mass is 79.9. The Morgan fingerprint density at radius 3 is 2.59 bits per heavy atom. The summed E-state index contributed by atoms with van der Waals surface area (Å²) in [4.78, 5) is 22.6. The van der Waals surface area contributed by atoms with Crippen LogP contribution in [-0.2, 0) is 0 Å². The average Bonchev–Trinajstić information content (AvgIpc) is 3.33. The summed E-state index contributed by atoms with van der Waals surface area (Å²) in [6, 6.07) is 18.9. The first-order valence-corrected chi connectivity index (χ1v) is 12.4. The first-order chi connectivity index (χ1) is 18.0. The highest BCUT2D eigenvalue weighted by Gasteiger charge is 2.39. The van der Waals surface area contributed by atoms with E-state index in [9.17, 15) is 4.79 Å². The molecule has 0 N–H and O–H groups in total. The third-order valence-electron chi connectivity index (χ3n) is 6.35. The van der Waals surface area contributed by atoms with Crippen LogP contribution in [0.1, 0.15) is 22.6 Å². The molecule has 0 amide bonds. The topological polar surface area (TPSA) is 82.5 Å². The van der Waals surface area contributed by atoms with Gasteiger partial charge in [0.25, 0.3) is 0 Å². The molecule has 180 valence electrons. The fourth-order valence-electron chi connectivity index (χ4n) is 4.73. The zero-order chi connectivity index (χ0) is 25.3. The van der Waals surface area contributed by atoms with Crippen molar-refractivity contribution in [3.05, 3.63) is 115 Å². The van der Waals surface area contributed by atoms with Gasteiger partial charge in [-0.1, -0.05) is 57.9 Å². The SMILES string of the molecule is O=c1oc2ccccc2c2c1C(c1c(F)cccc1Cl)c1c(ncn3nc(-c4ccc(Br)cc4)nc13)O2. The predicted molar refractivity (Wildman–Crippen MR) is 139 cm³/mol. The molecule has 3 aromatic heterocycles. The van der Waals surface area contributed by atoms with E-state index < -0.39 is 17.4 Å². The second-order valence-electron chi connectivity index (χ2n) is 8.47. The lowest BCUT2D eigenvalue weighted by molar-refractivity contribution is 0.420. The average molecular weight is 576 g/mol. The molecule has 3 aromatic carbocycles. The lowest BCUT2D eigenvalue weighted by Gasteiger charge is -2.28. The Morgan fingerprint density at radius 2 is 1.78 bits per heavy atom. The van der Waals surface area contributed by atoms with E-state index in [1.807, 2.05) is 24.3 Å². The fraction of sp³-hybridized carbons (Fsp3) is 0.0370. The lowest BCUT2D eigenvalue weighted by Crippen LogP contribution is -2.23. The molecular formula is C27H13BrClFN4O3. The van der Waals surface area contributed by atoms with Crippen LogP contribution in [0.25, 0.3) is 28.0 Å². The number of aromatic nitrogens is 4. The van der Waals surface area contributed by atoms with E-state index in [0.717, 1.165) is 10.0 Å². The first kappa shape index (κ1) is 22.1. The number of rotatable bonds is 2. The van der Waals surface area contributed by atoms with Gasteiger partial charge in [0.05, 0.1) is 22.4 Å². The summed E-state index contributed by atoms with van der Waals surface area (Å²) in [5.41, 5.74) is 1.36. The fourth-order valence-corrected chi connectivity index (χ4v) is 5.26. The van der Waals surface area contributed by atoms with Gasteiger partial charge in [0.2, 0.25) is 5.88 Å². The molecule has 0 saturated carbocycles. The van der Waals surface area contributed by atoms with E-state index in [1.165, 1.54) is 23.0 Å². The van der Waals surface area contributed by atoms with Crippen LogP contribution in [0, 0.1) is 5.82 Å². The van der Waals surface area contributed by atoms with Crippen molar-refractivity contribution in [1.29, 1.82) is 0 Å². The van der Waals surface area contributed by atoms with Gasteiger partial charge in [-0.25, -0.2) is 23.7 Å². The van der Waals surface area contributed by atoms with Gasteiger partial charge in [0.1, 0.15) is 17.7 Å². The molecule has 7 rings (SSSR count). The summed E-state index contributed by atoms with van der Waals surface area (Å²) >= 11 is 9.98. The van der Waals surface area contributed by atoms with Crippen molar-refractivity contribution in [3.63, 3.8) is 0 Å². The molecule has 0 aliphatic carbocycles. The van der Waals surface area contributed by atoms with Gasteiger partial charge >= 0.3 is 5.63 Å². The molecule has 0 spiro atoms. The van der Waals surface area contributed by atoms with Gasteiger partial charge in [-0.2, -0.15) is 0 Å². The van der Waals surface area contributed by atoms with E-state index in [-0.39, 0.29) is 27.8 Å². The van der Waals surface area contributed by atoms with Crippen molar-refractivity contribution in [3.8, 4) is 23.0 Å². The highest BCUT2D eigenvalue weighted by Crippen LogP contribution is 2.50. The van der Waals surface area contributed by atoms with E-state index in [1.54, 1.807) is 30.3 Å². The van der Waals surface area contributed by atoms with E-state index in [2.05, 4.69) is 26.0 Å². The van der Waals surface area contributed by atoms with Gasteiger partial charge in [-0.05, 0) is 36.4 Å². The Balaban J connectivity index is 1.57. The summed E-state index contributed by atoms with van der Waals surface area (Å²) in [7, 11) is 0. The molecule has 37 heavy (non-hydrogen) atoms. The van der Waals surface area contributed by atoms with Crippen LogP contribution in [-0.4, -0.2) is 19.6 Å².